The predicted molar refractivity (Wildman–Crippen MR) is 181 cm³/mol. The molecule has 0 spiro atoms. The van der Waals surface area contributed by atoms with Gasteiger partial charge in [0.2, 0.25) is 11.8 Å². The number of carbonyl (C=O) groups excluding carboxylic acids is 2. The number of rotatable bonds is 14. The molecule has 7 nitrogen and oxygen atoms in total. The molecular weight excluding hydrogens is 686 g/mol. The van der Waals surface area contributed by atoms with Crippen LogP contribution in [0.15, 0.2) is 108 Å². The van der Waals surface area contributed by atoms with Crippen LogP contribution in [0, 0.1) is 0 Å². The fraction of sp³-hybridized carbons (Fsp3) is 0.257. The predicted octanol–water partition coefficient (Wildman–Crippen LogP) is 7.76. The lowest BCUT2D eigenvalue weighted by Crippen LogP contribution is -2.53. The van der Waals surface area contributed by atoms with Gasteiger partial charge in [-0.2, -0.15) is 13.2 Å². The van der Waals surface area contributed by atoms with Gasteiger partial charge in [-0.15, -0.1) is 0 Å². The zero-order chi connectivity index (χ0) is 34.9. The second kappa shape index (κ2) is 16.4. The molecule has 0 saturated heterocycles. The molecule has 1 atom stereocenters. The number of amides is 2. The van der Waals surface area contributed by atoms with E-state index in [0.717, 1.165) is 24.1 Å². The van der Waals surface area contributed by atoms with Crippen molar-refractivity contribution in [1.29, 1.82) is 0 Å². The summed E-state index contributed by atoms with van der Waals surface area (Å²) >= 11 is 12.4. The summed E-state index contributed by atoms with van der Waals surface area (Å²) in [6, 6.07) is 23.4. The molecule has 0 saturated carbocycles. The van der Waals surface area contributed by atoms with E-state index in [1.54, 1.807) is 42.5 Å². The van der Waals surface area contributed by atoms with Crippen molar-refractivity contribution in [3.8, 4) is 0 Å². The van der Waals surface area contributed by atoms with Crippen LogP contribution in [0.5, 0.6) is 0 Å². The molecular formula is C35H34Cl2F3N3O4S. The van der Waals surface area contributed by atoms with Gasteiger partial charge >= 0.3 is 6.18 Å². The van der Waals surface area contributed by atoms with Gasteiger partial charge < -0.3 is 10.2 Å². The molecule has 0 aliphatic rings. The first kappa shape index (κ1) is 36.8. The molecule has 0 bridgehead atoms. The van der Waals surface area contributed by atoms with Crippen molar-refractivity contribution in [2.75, 3.05) is 17.4 Å². The summed E-state index contributed by atoms with van der Waals surface area (Å²) in [6.45, 7) is 1.21. The van der Waals surface area contributed by atoms with Crippen LogP contribution < -0.4 is 9.62 Å². The van der Waals surface area contributed by atoms with Gasteiger partial charge in [0.15, 0.2) is 0 Å². The van der Waals surface area contributed by atoms with Crippen LogP contribution in [0.4, 0.5) is 18.9 Å². The van der Waals surface area contributed by atoms with Crippen molar-refractivity contribution in [3.05, 3.63) is 130 Å². The first-order valence-corrected chi connectivity index (χ1v) is 17.3. The van der Waals surface area contributed by atoms with E-state index in [0.29, 0.717) is 28.9 Å². The molecule has 0 aliphatic heterocycles. The standard InChI is InChI=1S/C35H34Cl2F3N3O4S/c1-2-3-19-41-34(45)32(21-25-11-6-4-7-12-25)42(23-26-17-18-30(36)31(37)20-26)33(44)24-43(48(46,47)29-15-8-5-9-16-29)28-14-10-13-27(22-28)35(38,39)40/h4-18,20,22,32H,2-3,19,21,23-24H2,1H3,(H,41,45)/t32-/m0/s1. The molecule has 48 heavy (non-hydrogen) atoms. The summed E-state index contributed by atoms with van der Waals surface area (Å²) in [7, 11) is -4.57. The first-order valence-electron chi connectivity index (χ1n) is 15.1. The van der Waals surface area contributed by atoms with E-state index in [-0.39, 0.29) is 33.6 Å². The molecule has 4 aromatic rings. The van der Waals surface area contributed by atoms with E-state index < -0.39 is 46.2 Å². The van der Waals surface area contributed by atoms with Crippen LogP contribution in [0.2, 0.25) is 10.0 Å². The van der Waals surface area contributed by atoms with Crippen molar-refractivity contribution in [1.82, 2.24) is 10.2 Å². The molecule has 0 aromatic heterocycles. The molecule has 4 rings (SSSR count). The van der Waals surface area contributed by atoms with Crippen molar-refractivity contribution < 1.29 is 31.2 Å². The second-order valence-corrected chi connectivity index (χ2v) is 13.7. The molecule has 0 aliphatic carbocycles. The van der Waals surface area contributed by atoms with Crippen LogP contribution in [0.3, 0.4) is 0 Å². The Morgan fingerprint density at radius 3 is 2.12 bits per heavy atom. The van der Waals surface area contributed by atoms with Crippen LogP contribution in [-0.2, 0) is 38.8 Å². The maximum Gasteiger partial charge on any atom is 0.416 e. The van der Waals surface area contributed by atoms with Gasteiger partial charge in [-0.05, 0) is 60.0 Å². The summed E-state index contributed by atoms with van der Waals surface area (Å²) in [6.07, 6.45) is -3.22. The summed E-state index contributed by atoms with van der Waals surface area (Å²) in [4.78, 5) is 29.3. The quantitative estimate of drug-likeness (QED) is 0.135. The fourth-order valence-electron chi connectivity index (χ4n) is 4.98. The highest BCUT2D eigenvalue weighted by Crippen LogP contribution is 2.33. The minimum absolute atomic E-state index is 0.0703. The molecule has 1 N–H and O–H groups in total. The van der Waals surface area contributed by atoms with E-state index in [1.807, 2.05) is 6.92 Å². The average Bonchev–Trinajstić information content (AvgIpc) is 3.07. The third-order valence-corrected chi connectivity index (χ3v) is 10.0. The summed E-state index contributed by atoms with van der Waals surface area (Å²) in [5, 5.41) is 3.34. The Hall–Kier alpha value is -4.06. The van der Waals surface area contributed by atoms with Crippen LogP contribution in [0.1, 0.15) is 36.5 Å². The van der Waals surface area contributed by atoms with Crippen molar-refractivity contribution >= 4 is 50.7 Å². The Morgan fingerprint density at radius 2 is 1.50 bits per heavy atom. The highest BCUT2D eigenvalue weighted by Gasteiger charge is 2.36. The second-order valence-electron chi connectivity index (χ2n) is 11.0. The highest BCUT2D eigenvalue weighted by atomic mass is 35.5. The number of nitrogens with one attached hydrogen (secondary N) is 1. The van der Waals surface area contributed by atoms with Gasteiger partial charge in [0.25, 0.3) is 10.0 Å². The number of hydrogen-bond acceptors (Lipinski definition) is 4. The minimum atomic E-state index is -4.78. The average molecular weight is 721 g/mol. The fourth-order valence-corrected chi connectivity index (χ4v) is 6.73. The Kier molecular flexibility index (Phi) is 12.5. The minimum Gasteiger partial charge on any atom is -0.354 e. The molecule has 254 valence electrons. The maximum atomic E-state index is 14.5. The van der Waals surface area contributed by atoms with Gasteiger partial charge in [0, 0.05) is 19.5 Å². The molecule has 0 unspecified atom stereocenters. The van der Waals surface area contributed by atoms with Gasteiger partial charge in [-0.25, -0.2) is 8.42 Å². The molecule has 0 heterocycles. The number of halogens is 5. The van der Waals surface area contributed by atoms with Crippen molar-refractivity contribution in [3.63, 3.8) is 0 Å². The molecule has 0 radical (unpaired) electrons. The molecule has 4 aromatic carbocycles. The molecule has 0 fully saturated rings. The van der Waals surface area contributed by atoms with Crippen molar-refractivity contribution in [2.45, 2.75) is 49.8 Å². The first-order chi connectivity index (χ1) is 22.8. The van der Waals surface area contributed by atoms with Gasteiger partial charge in [0.05, 0.1) is 26.2 Å². The zero-order valence-corrected chi connectivity index (χ0v) is 28.3. The highest BCUT2D eigenvalue weighted by molar-refractivity contribution is 7.92. The number of sulfonamides is 1. The molecule has 13 heteroatoms. The lowest BCUT2D eigenvalue weighted by molar-refractivity contribution is -0.140. The number of hydrogen-bond donors (Lipinski definition) is 1. The van der Waals surface area contributed by atoms with Crippen LogP contribution in [-0.4, -0.2) is 44.3 Å². The smallest absolute Gasteiger partial charge is 0.354 e. The lowest BCUT2D eigenvalue weighted by Gasteiger charge is -2.34. The summed E-state index contributed by atoms with van der Waals surface area (Å²) in [5.74, 6) is -1.30. The lowest BCUT2D eigenvalue weighted by atomic mass is 10.0. The third-order valence-electron chi connectivity index (χ3n) is 7.51. The Labute approximate surface area is 288 Å². The third kappa shape index (κ3) is 9.52. The zero-order valence-electron chi connectivity index (χ0n) is 26.0. The summed E-state index contributed by atoms with van der Waals surface area (Å²) < 4.78 is 70.0. The number of anilines is 1. The number of unbranched alkanes of at least 4 members (excludes halogenated alkanes) is 1. The van der Waals surface area contributed by atoms with E-state index >= 15 is 0 Å². The summed E-state index contributed by atoms with van der Waals surface area (Å²) in [5.41, 5.74) is -0.241. The Morgan fingerprint density at radius 1 is 0.833 bits per heavy atom. The van der Waals surface area contributed by atoms with Gasteiger partial charge in [0.1, 0.15) is 12.6 Å². The topological polar surface area (TPSA) is 86.8 Å². The van der Waals surface area contributed by atoms with Gasteiger partial charge in [-0.3, -0.25) is 13.9 Å². The Bertz CT molecular complexity index is 1810. The van der Waals surface area contributed by atoms with Gasteiger partial charge in [-0.1, -0.05) is 97.2 Å². The van der Waals surface area contributed by atoms with Crippen LogP contribution in [0.25, 0.3) is 0 Å². The normalized spacial score (nSPS) is 12.3. The largest absolute Gasteiger partial charge is 0.416 e. The SMILES string of the molecule is CCCCNC(=O)[C@H](Cc1ccccc1)N(Cc1ccc(Cl)c(Cl)c1)C(=O)CN(c1cccc(C(F)(F)F)c1)S(=O)(=O)c1ccccc1. The van der Waals surface area contributed by atoms with Crippen molar-refractivity contribution in [2.24, 2.45) is 0 Å². The number of alkyl halides is 3. The number of benzene rings is 4. The Balaban J connectivity index is 1.84. The van der Waals surface area contributed by atoms with E-state index in [4.69, 9.17) is 23.2 Å². The molecule has 2 amide bonds. The van der Waals surface area contributed by atoms with Crippen LogP contribution >= 0.6 is 23.2 Å². The number of carbonyl (C=O) groups is 2. The monoisotopic (exact) mass is 719 g/mol. The number of nitrogens with zero attached hydrogens (tertiary/aromatic N) is 2. The van der Waals surface area contributed by atoms with E-state index in [1.165, 1.54) is 47.4 Å². The maximum absolute atomic E-state index is 14.5. The van der Waals surface area contributed by atoms with E-state index in [9.17, 15) is 31.2 Å². The van der Waals surface area contributed by atoms with E-state index in [2.05, 4.69) is 5.32 Å².